The van der Waals surface area contributed by atoms with Gasteiger partial charge in [-0.25, -0.2) is 0 Å². The molecular weight excluding hydrogens is 255 g/mol. The number of halogens is 2. The fourth-order valence-corrected chi connectivity index (χ4v) is 3.14. The van der Waals surface area contributed by atoms with Crippen LogP contribution in [0.4, 0.5) is 0 Å². The van der Waals surface area contributed by atoms with Crippen molar-refractivity contribution in [2.75, 3.05) is 27.2 Å². The van der Waals surface area contributed by atoms with Crippen molar-refractivity contribution in [1.82, 2.24) is 10.2 Å². The van der Waals surface area contributed by atoms with E-state index in [9.17, 15) is 0 Å². The number of hydrogen-bond donors (Lipinski definition) is 1. The summed E-state index contributed by atoms with van der Waals surface area (Å²) in [5, 5.41) is 4.83. The number of nitrogens with zero attached hydrogens (tertiary/aromatic N) is 1. The van der Waals surface area contributed by atoms with Gasteiger partial charge in [0.1, 0.15) is 0 Å². The zero-order valence-corrected chi connectivity index (χ0v) is 11.7. The highest BCUT2D eigenvalue weighted by atomic mass is 35.5. The molecule has 1 saturated heterocycles. The number of hydrogen-bond acceptors (Lipinski definition) is 2. The largest absolute Gasteiger partial charge is 0.319 e. The van der Waals surface area contributed by atoms with Gasteiger partial charge in [-0.1, -0.05) is 23.2 Å². The number of rotatable bonds is 3. The minimum Gasteiger partial charge on any atom is -0.319 e. The molecule has 4 heteroatoms. The third-order valence-electron chi connectivity index (χ3n) is 3.52. The molecule has 94 valence electrons. The van der Waals surface area contributed by atoms with Crippen molar-refractivity contribution in [2.45, 2.75) is 12.5 Å². The van der Waals surface area contributed by atoms with E-state index in [2.05, 4.69) is 17.3 Å². The van der Waals surface area contributed by atoms with Crippen LogP contribution in [0, 0.1) is 5.92 Å². The zero-order valence-electron chi connectivity index (χ0n) is 10.2. The maximum absolute atomic E-state index is 6.30. The van der Waals surface area contributed by atoms with Gasteiger partial charge < -0.3 is 5.32 Å². The Hall–Kier alpha value is -0.280. The first-order valence-corrected chi connectivity index (χ1v) is 6.69. The monoisotopic (exact) mass is 272 g/mol. The summed E-state index contributed by atoms with van der Waals surface area (Å²) in [5.41, 5.74) is 1.15. The molecule has 2 unspecified atom stereocenters. The van der Waals surface area contributed by atoms with E-state index in [1.165, 1.54) is 6.42 Å². The summed E-state index contributed by atoms with van der Waals surface area (Å²) in [7, 11) is 4.15. The molecule has 0 bridgehead atoms. The van der Waals surface area contributed by atoms with Crippen LogP contribution in [-0.2, 0) is 0 Å². The fourth-order valence-electron chi connectivity index (χ4n) is 2.73. The van der Waals surface area contributed by atoms with E-state index in [-0.39, 0.29) is 0 Å². The van der Waals surface area contributed by atoms with Crippen LogP contribution in [0.25, 0.3) is 0 Å². The molecule has 2 rings (SSSR count). The number of likely N-dealkylation sites (tertiary alicyclic amines) is 1. The van der Waals surface area contributed by atoms with E-state index in [1.807, 2.05) is 25.2 Å². The van der Waals surface area contributed by atoms with Gasteiger partial charge in [0.2, 0.25) is 0 Å². The predicted molar refractivity (Wildman–Crippen MR) is 73.9 cm³/mol. The molecule has 1 aromatic carbocycles. The first-order valence-electron chi connectivity index (χ1n) is 5.93. The Morgan fingerprint density at radius 2 is 2.18 bits per heavy atom. The minimum atomic E-state index is 0.369. The van der Waals surface area contributed by atoms with Crippen LogP contribution in [0.2, 0.25) is 10.0 Å². The van der Waals surface area contributed by atoms with Gasteiger partial charge in [-0.2, -0.15) is 0 Å². The molecule has 2 nitrogen and oxygen atoms in total. The van der Waals surface area contributed by atoms with Crippen molar-refractivity contribution in [3.05, 3.63) is 33.8 Å². The highest BCUT2D eigenvalue weighted by Gasteiger charge is 2.33. The fraction of sp³-hybridized carbons (Fsp3) is 0.538. The predicted octanol–water partition coefficient (Wildman–Crippen LogP) is 3.21. The zero-order chi connectivity index (χ0) is 12.4. The number of benzene rings is 1. The third kappa shape index (κ3) is 2.76. The SMILES string of the molecule is CNCC1CCN(C)C1c1cc(Cl)ccc1Cl. The van der Waals surface area contributed by atoms with Gasteiger partial charge in [-0.3, -0.25) is 4.90 Å². The van der Waals surface area contributed by atoms with Crippen molar-refractivity contribution in [1.29, 1.82) is 0 Å². The van der Waals surface area contributed by atoms with E-state index in [0.717, 1.165) is 28.7 Å². The second kappa shape index (κ2) is 5.57. The molecule has 0 aliphatic carbocycles. The van der Waals surface area contributed by atoms with Crippen molar-refractivity contribution in [3.63, 3.8) is 0 Å². The van der Waals surface area contributed by atoms with Gasteiger partial charge in [-0.15, -0.1) is 0 Å². The Labute approximate surface area is 113 Å². The first-order chi connectivity index (χ1) is 8.13. The van der Waals surface area contributed by atoms with E-state index >= 15 is 0 Å². The molecule has 0 saturated carbocycles. The summed E-state index contributed by atoms with van der Waals surface area (Å²) in [6.07, 6.45) is 1.20. The van der Waals surface area contributed by atoms with E-state index in [0.29, 0.717) is 12.0 Å². The van der Waals surface area contributed by atoms with E-state index < -0.39 is 0 Å². The highest BCUT2D eigenvalue weighted by molar-refractivity contribution is 6.33. The van der Waals surface area contributed by atoms with Crippen LogP contribution in [0.3, 0.4) is 0 Å². The van der Waals surface area contributed by atoms with Gasteiger partial charge >= 0.3 is 0 Å². The van der Waals surface area contributed by atoms with Crippen LogP contribution in [-0.4, -0.2) is 32.1 Å². The summed E-state index contributed by atoms with van der Waals surface area (Å²) >= 11 is 12.4. The quantitative estimate of drug-likeness (QED) is 0.909. The lowest BCUT2D eigenvalue weighted by atomic mass is 9.93. The Kier molecular flexibility index (Phi) is 4.31. The van der Waals surface area contributed by atoms with E-state index in [1.54, 1.807) is 0 Å². The second-order valence-corrected chi connectivity index (χ2v) is 5.54. The van der Waals surface area contributed by atoms with Crippen LogP contribution in [0.15, 0.2) is 18.2 Å². The lowest BCUT2D eigenvalue weighted by Crippen LogP contribution is -2.27. The Balaban J connectivity index is 2.32. The van der Waals surface area contributed by atoms with E-state index in [4.69, 9.17) is 23.2 Å². The van der Waals surface area contributed by atoms with Gasteiger partial charge in [0.15, 0.2) is 0 Å². The minimum absolute atomic E-state index is 0.369. The molecule has 1 N–H and O–H groups in total. The lowest BCUT2D eigenvalue weighted by Gasteiger charge is -2.26. The van der Waals surface area contributed by atoms with Gasteiger partial charge in [0.25, 0.3) is 0 Å². The first kappa shape index (κ1) is 13.2. The standard InChI is InChI=1S/C13H18Cl2N2/c1-16-8-9-5-6-17(2)13(9)11-7-10(14)3-4-12(11)15/h3-4,7,9,13,16H,5-6,8H2,1-2H3. The summed E-state index contributed by atoms with van der Waals surface area (Å²) in [6, 6.07) is 6.10. The smallest absolute Gasteiger partial charge is 0.0455 e. The van der Waals surface area contributed by atoms with Crippen LogP contribution < -0.4 is 5.32 Å². The molecule has 17 heavy (non-hydrogen) atoms. The van der Waals surface area contributed by atoms with Gasteiger partial charge in [0, 0.05) is 16.1 Å². The van der Waals surface area contributed by atoms with Crippen molar-refractivity contribution >= 4 is 23.2 Å². The summed E-state index contributed by atoms with van der Waals surface area (Å²) in [5.74, 6) is 0.598. The molecule has 1 aliphatic rings. The molecule has 1 aliphatic heterocycles. The molecule has 1 fully saturated rings. The average Bonchev–Trinajstić information content (AvgIpc) is 2.64. The van der Waals surface area contributed by atoms with Crippen LogP contribution in [0.5, 0.6) is 0 Å². The maximum atomic E-state index is 6.30. The Morgan fingerprint density at radius 3 is 2.88 bits per heavy atom. The molecule has 0 amide bonds. The maximum Gasteiger partial charge on any atom is 0.0455 e. The topological polar surface area (TPSA) is 15.3 Å². The molecule has 2 atom stereocenters. The van der Waals surface area contributed by atoms with Crippen molar-refractivity contribution in [3.8, 4) is 0 Å². The lowest BCUT2D eigenvalue weighted by molar-refractivity contribution is 0.274. The average molecular weight is 273 g/mol. The van der Waals surface area contributed by atoms with Crippen LogP contribution in [0.1, 0.15) is 18.0 Å². The molecule has 0 radical (unpaired) electrons. The summed E-state index contributed by atoms with van der Waals surface area (Å²) < 4.78 is 0. The van der Waals surface area contributed by atoms with Gasteiger partial charge in [0.05, 0.1) is 0 Å². The summed E-state index contributed by atoms with van der Waals surface area (Å²) in [4.78, 5) is 2.36. The molecule has 1 heterocycles. The molecule has 1 aromatic rings. The highest BCUT2D eigenvalue weighted by Crippen LogP contribution is 2.39. The Bertz CT molecular complexity index is 393. The number of nitrogens with one attached hydrogen (secondary N) is 1. The third-order valence-corrected chi connectivity index (χ3v) is 4.10. The molecular formula is C13H18Cl2N2. The van der Waals surface area contributed by atoms with Gasteiger partial charge in [-0.05, 0) is 63.3 Å². The molecule has 0 aromatic heterocycles. The molecule has 0 spiro atoms. The summed E-state index contributed by atoms with van der Waals surface area (Å²) in [6.45, 7) is 2.12. The second-order valence-electron chi connectivity index (χ2n) is 4.70. The van der Waals surface area contributed by atoms with Crippen molar-refractivity contribution < 1.29 is 0 Å². The Morgan fingerprint density at radius 1 is 1.41 bits per heavy atom. The van der Waals surface area contributed by atoms with Crippen LogP contribution >= 0.6 is 23.2 Å². The normalized spacial score (nSPS) is 25.4. The van der Waals surface area contributed by atoms with Crippen molar-refractivity contribution in [2.24, 2.45) is 5.92 Å².